The van der Waals surface area contributed by atoms with E-state index < -0.39 is 56.8 Å². The number of ether oxygens (including phenoxy) is 1. The molecule has 4 rings (SSSR count). The molecule has 0 saturated heterocycles. The third-order valence-corrected chi connectivity index (χ3v) is 7.26. The van der Waals surface area contributed by atoms with E-state index in [0.717, 1.165) is 18.5 Å². The largest absolute Gasteiger partial charge is 0.487 e. The predicted molar refractivity (Wildman–Crippen MR) is 113 cm³/mol. The molecule has 0 radical (unpaired) electrons. The van der Waals surface area contributed by atoms with Crippen LogP contribution in [0.5, 0.6) is 5.75 Å². The van der Waals surface area contributed by atoms with Gasteiger partial charge in [-0.3, -0.25) is 9.40 Å². The highest BCUT2D eigenvalue weighted by atomic mass is 32.2. The van der Waals surface area contributed by atoms with Gasteiger partial charge >= 0.3 is 0 Å². The highest BCUT2D eigenvalue weighted by Gasteiger charge is 2.51. The van der Waals surface area contributed by atoms with E-state index in [1.54, 1.807) is 20.0 Å². The number of rotatable bonds is 6. The molecule has 2 atom stereocenters. The van der Waals surface area contributed by atoms with E-state index in [1.807, 2.05) is 4.72 Å². The normalized spacial score (nSPS) is 22.4. The Hall–Kier alpha value is -3.22. The van der Waals surface area contributed by atoms with Gasteiger partial charge in [-0.15, -0.1) is 0 Å². The Labute approximate surface area is 193 Å². The first-order chi connectivity index (χ1) is 15.9. The first-order valence-electron chi connectivity index (χ1n) is 10.2. The van der Waals surface area contributed by atoms with E-state index in [2.05, 4.69) is 15.1 Å². The number of anilines is 1. The molecule has 0 unspecified atom stereocenters. The summed E-state index contributed by atoms with van der Waals surface area (Å²) in [5.41, 5.74) is -0.774. The van der Waals surface area contributed by atoms with Crippen molar-refractivity contribution in [3.63, 3.8) is 0 Å². The van der Waals surface area contributed by atoms with Gasteiger partial charge in [0.25, 0.3) is 10.0 Å². The van der Waals surface area contributed by atoms with Gasteiger partial charge in [0.2, 0.25) is 5.92 Å². The molecule has 182 valence electrons. The number of alkyl halides is 2. The molecule has 3 aromatic rings. The SMILES string of the molecule is Cn1nccc1[C@H]1CC(F)(F)CC[C@]1(C)Oc1cc(F)c(S(=O)(=O)Nc2ccncn2)c(F)c1. The smallest absolute Gasteiger partial charge is 0.268 e. The summed E-state index contributed by atoms with van der Waals surface area (Å²) in [6, 6.07) is 4.23. The molecule has 2 aromatic heterocycles. The highest BCUT2D eigenvalue weighted by molar-refractivity contribution is 7.92. The number of sulfonamides is 1. The summed E-state index contributed by atoms with van der Waals surface area (Å²) in [7, 11) is -3.06. The number of aryl methyl sites for hydroxylation is 1. The molecule has 1 fully saturated rings. The van der Waals surface area contributed by atoms with Gasteiger partial charge in [0.1, 0.15) is 35.1 Å². The van der Waals surface area contributed by atoms with Crippen LogP contribution in [0.25, 0.3) is 0 Å². The molecule has 1 aliphatic rings. The maximum Gasteiger partial charge on any atom is 0.268 e. The lowest BCUT2D eigenvalue weighted by Crippen LogP contribution is -2.47. The topological polar surface area (TPSA) is 99.0 Å². The van der Waals surface area contributed by atoms with Crippen LogP contribution in [-0.4, -0.2) is 39.7 Å². The van der Waals surface area contributed by atoms with E-state index in [4.69, 9.17) is 4.74 Å². The third-order valence-electron chi connectivity index (χ3n) is 5.86. The zero-order chi connectivity index (χ0) is 24.7. The van der Waals surface area contributed by atoms with E-state index in [0.29, 0.717) is 5.69 Å². The fraction of sp³-hybridized carbons (Fsp3) is 0.381. The first kappa shape index (κ1) is 23.9. The number of nitrogens with zero attached hydrogens (tertiary/aromatic N) is 4. The van der Waals surface area contributed by atoms with Crippen molar-refractivity contribution in [3.8, 4) is 5.75 Å². The summed E-state index contributed by atoms with van der Waals surface area (Å²) in [5, 5.41) is 4.03. The number of aromatic nitrogens is 4. The van der Waals surface area contributed by atoms with E-state index >= 15 is 0 Å². The average molecular weight is 499 g/mol. The fourth-order valence-corrected chi connectivity index (χ4v) is 5.28. The third kappa shape index (κ3) is 4.69. The molecule has 34 heavy (non-hydrogen) atoms. The highest BCUT2D eigenvalue weighted by Crippen LogP contribution is 2.49. The fourth-order valence-electron chi connectivity index (χ4n) is 4.15. The van der Waals surface area contributed by atoms with Gasteiger partial charge in [0.15, 0.2) is 4.90 Å². The quantitative estimate of drug-likeness (QED) is 0.515. The molecule has 0 bridgehead atoms. The molecule has 0 spiro atoms. The maximum absolute atomic E-state index is 14.8. The second-order valence-corrected chi connectivity index (χ2v) is 9.94. The van der Waals surface area contributed by atoms with Gasteiger partial charge in [-0.25, -0.2) is 35.9 Å². The van der Waals surface area contributed by atoms with Gasteiger partial charge in [-0.1, -0.05) is 0 Å². The number of halogens is 4. The van der Waals surface area contributed by atoms with E-state index in [1.165, 1.54) is 23.1 Å². The Morgan fingerprint density at radius 1 is 1.15 bits per heavy atom. The first-order valence-corrected chi connectivity index (χ1v) is 11.7. The molecule has 13 heteroatoms. The van der Waals surface area contributed by atoms with Crippen LogP contribution in [0.1, 0.15) is 37.8 Å². The van der Waals surface area contributed by atoms with Gasteiger partial charge in [0.05, 0.1) is 0 Å². The maximum atomic E-state index is 14.8. The Balaban J connectivity index is 1.66. The summed E-state index contributed by atoms with van der Waals surface area (Å²) >= 11 is 0. The van der Waals surface area contributed by atoms with Gasteiger partial charge in [-0.05, 0) is 25.5 Å². The van der Waals surface area contributed by atoms with Crippen molar-refractivity contribution in [3.05, 3.63) is 60.3 Å². The lowest BCUT2D eigenvalue weighted by atomic mass is 9.73. The van der Waals surface area contributed by atoms with Crippen molar-refractivity contribution < 1.29 is 30.7 Å². The zero-order valence-corrected chi connectivity index (χ0v) is 19.0. The summed E-state index contributed by atoms with van der Waals surface area (Å²) in [5.74, 6) is -7.09. The number of benzene rings is 1. The van der Waals surface area contributed by atoms with Crippen molar-refractivity contribution in [1.29, 1.82) is 0 Å². The second kappa shape index (κ2) is 8.53. The van der Waals surface area contributed by atoms with Crippen LogP contribution < -0.4 is 9.46 Å². The minimum absolute atomic E-state index is 0.103. The molecule has 1 saturated carbocycles. The van der Waals surface area contributed by atoms with Crippen LogP contribution in [0.3, 0.4) is 0 Å². The van der Waals surface area contributed by atoms with Crippen LogP contribution in [0.2, 0.25) is 0 Å². The average Bonchev–Trinajstić information content (AvgIpc) is 3.15. The molecule has 8 nitrogen and oxygen atoms in total. The molecular weight excluding hydrogens is 478 g/mol. The predicted octanol–water partition coefficient (Wildman–Crippen LogP) is 4.03. The van der Waals surface area contributed by atoms with Crippen LogP contribution >= 0.6 is 0 Å². The summed E-state index contributed by atoms with van der Waals surface area (Å²) in [4.78, 5) is 6.08. The van der Waals surface area contributed by atoms with E-state index in [9.17, 15) is 26.0 Å². The van der Waals surface area contributed by atoms with Crippen molar-refractivity contribution in [2.24, 2.45) is 7.05 Å². The summed E-state index contributed by atoms with van der Waals surface area (Å²) < 4.78 is 92.6. The van der Waals surface area contributed by atoms with Crippen LogP contribution in [0.4, 0.5) is 23.4 Å². The number of hydrogen-bond acceptors (Lipinski definition) is 6. The lowest BCUT2D eigenvalue weighted by molar-refractivity contribution is -0.102. The number of hydrogen-bond donors (Lipinski definition) is 1. The lowest BCUT2D eigenvalue weighted by Gasteiger charge is -2.44. The van der Waals surface area contributed by atoms with Crippen LogP contribution in [-0.2, 0) is 17.1 Å². The van der Waals surface area contributed by atoms with Crippen molar-refractivity contribution in [2.45, 2.75) is 48.5 Å². The van der Waals surface area contributed by atoms with Crippen molar-refractivity contribution in [1.82, 2.24) is 19.7 Å². The standard InChI is InChI=1S/C21H21F4N5O3S/c1-20(5-6-21(24,25)11-14(20)17-3-8-28-30(17)2)33-13-9-15(22)19(16(23)10-13)34(31,32)29-18-4-7-26-12-27-18/h3-4,7-10,12,14H,5-6,11H2,1-2H3,(H,26,27,29)/t14-,20+/m1/s1. The molecule has 1 aromatic carbocycles. The van der Waals surface area contributed by atoms with Crippen molar-refractivity contribution >= 4 is 15.8 Å². The Bertz CT molecular complexity index is 1280. The summed E-state index contributed by atoms with van der Waals surface area (Å²) in [6.07, 6.45) is 2.66. The van der Waals surface area contributed by atoms with Crippen LogP contribution in [0, 0.1) is 11.6 Å². The Kier molecular flexibility index (Phi) is 6.00. The molecule has 1 aliphatic carbocycles. The Morgan fingerprint density at radius 2 is 1.85 bits per heavy atom. The molecule has 2 heterocycles. The second-order valence-electron chi connectivity index (χ2n) is 8.32. The van der Waals surface area contributed by atoms with Gasteiger partial charge in [-0.2, -0.15) is 5.10 Å². The van der Waals surface area contributed by atoms with E-state index in [-0.39, 0.29) is 18.0 Å². The molecular formula is C21H21F4N5O3S. The molecule has 0 amide bonds. The summed E-state index contributed by atoms with van der Waals surface area (Å²) in [6.45, 7) is 1.58. The minimum Gasteiger partial charge on any atom is -0.487 e. The molecule has 0 aliphatic heterocycles. The zero-order valence-electron chi connectivity index (χ0n) is 18.2. The molecule has 1 N–H and O–H groups in total. The van der Waals surface area contributed by atoms with Crippen LogP contribution in [0.15, 0.2) is 47.9 Å². The van der Waals surface area contributed by atoms with Gasteiger partial charge in [0, 0.05) is 56.0 Å². The van der Waals surface area contributed by atoms with Crippen molar-refractivity contribution in [2.75, 3.05) is 4.72 Å². The monoisotopic (exact) mass is 499 g/mol. The van der Waals surface area contributed by atoms with Gasteiger partial charge < -0.3 is 4.74 Å². The number of nitrogens with one attached hydrogen (secondary N) is 1. The minimum atomic E-state index is -4.66. The Morgan fingerprint density at radius 3 is 2.44 bits per heavy atom.